The highest BCUT2D eigenvalue weighted by Gasteiger charge is 2.17. The third-order valence-electron chi connectivity index (χ3n) is 6.18. The van der Waals surface area contributed by atoms with Crippen LogP contribution in [0.4, 0.5) is 0 Å². The maximum Gasteiger partial charge on any atom is 0.143 e. The van der Waals surface area contributed by atoms with Crippen LogP contribution < -0.4 is 0 Å². The summed E-state index contributed by atoms with van der Waals surface area (Å²) < 4.78 is 5.98. The molecular formula is C27H16N2O. The molecular weight excluding hydrogens is 368 g/mol. The number of rotatable bonds is 1. The van der Waals surface area contributed by atoms with Crippen molar-refractivity contribution < 1.29 is 4.42 Å². The molecule has 3 nitrogen and oxygen atoms in total. The molecule has 0 saturated heterocycles. The summed E-state index contributed by atoms with van der Waals surface area (Å²) in [6.07, 6.45) is 5.46. The van der Waals surface area contributed by atoms with E-state index in [-0.39, 0.29) is 0 Å². The highest BCUT2D eigenvalue weighted by molar-refractivity contribution is 6.28. The fraction of sp³-hybridized carbons (Fsp3) is 0. The standard InChI is InChI=1S/C27H16N2O/c1-2-4-19-16(3-1)5-6-21-22-8-7-20-23(17-9-12-28-13-10-17)15-18-11-14-30-27(18)24(20)26(22)29-25(19)21/h1-15,29H. The normalized spacial score (nSPS) is 12.0. The molecule has 0 amide bonds. The first-order chi connectivity index (χ1) is 14.9. The molecule has 1 N–H and O–H groups in total. The van der Waals surface area contributed by atoms with E-state index in [0.29, 0.717) is 0 Å². The van der Waals surface area contributed by atoms with Crippen molar-refractivity contribution in [1.82, 2.24) is 9.97 Å². The van der Waals surface area contributed by atoms with Gasteiger partial charge in [0.05, 0.1) is 17.3 Å². The molecule has 140 valence electrons. The molecule has 0 radical (unpaired) electrons. The van der Waals surface area contributed by atoms with Crippen molar-refractivity contribution >= 4 is 54.3 Å². The molecule has 30 heavy (non-hydrogen) atoms. The quantitative estimate of drug-likeness (QED) is 0.320. The molecule has 0 fully saturated rings. The number of hydrogen-bond acceptors (Lipinski definition) is 2. The van der Waals surface area contributed by atoms with Gasteiger partial charge in [-0.2, -0.15) is 0 Å². The molecule has 0 atom stereocenters. The smallest absolute Gasteiger partial charge is 0.143 e. The summed E-state index contributed by atoms with van der Waals surface area (Å²) in [4.78, 5) is 7.94. The average Bonchev–Trinajstić information content (AvgIpc) is 3.43. The number of H-pyrrole nitrogens is 1. The van der Waals surface area contributed by atoms with Gasteiger partial charge in [0.15, 0.2) is 0 Å². The zero-order valence-electron chi connectivity index (χ0n) is 16.0. The third kappa shape index (κ3) is 2.01. The van der Waals surface area contributed by atoms with Crippen LogP contribution in [0.15, 0.2) is 95.9 Å². The van der Waals surface area contributed by atoms with Crippen molar-refractivity contribution in [3.63, 3.8) is 0 Å². The number of nitrogens with zero attached hydrogens (tertiary/aromatic N) is 1. The first-order valence-electron chi connectivity index (χ1n) is 10.0. The molecule has 0 saturated carbocycles. The average molecular weight is 384 g/mol. The van der Waals surface area contributed by atoms with Crippen LogP contribution in [0.2, 0.25) is 0 Å². The number of benzene rings is 4. The van der Waals surface area contributed by atoms with Gasteiger partial charge in [-0.05, 0) is 46.2 Å². The van der Waals surface area contributed by atoms with Gasteiger partial charge in [-0.15, -0.1) is 0 Å². The summed E-state index contributed by atoms with van der Waals surface area (Å²) in [6.45, 7) is 0. The lowest BCUT2D eigenvalue weighted by atomic mass is 9.95. The summed E-state index contributed by atoms with van der Waals surface area (Å²) in [5.41, 5.74) is 5.55. The van der Waals surface area contributed by atoms with Crippen molar-refractivity contribution in [2.75, 3.05) is 0 Å². The highest BCUT2D eigenvalue weighted by atomic mass is 16.3. The summed E-state index contributed by atoms with van der Waals surface area (Å²) in [7, 11) is 0. The van der Waals surface area contributed by atoms with Gasteiger partial charge in [-0.25, -0.2) is 0 Å². The SMILES string of the molecule is c1ccc2c(c1)ccc1c3ccc4c(-c5ccncc5)cc5ccoc5c4c3[nH]c21. The van der Waals surface area contributed by atoms with Crippen LogP contribution in [0.1, 0.15) is 0 Å². The minimum absolute atomic E-state index is 0.921. The largest absolute Gasteiger partial charge is 0.464 e. The zero-order valence-corrected chi connectivity index (χ0v) is 16.0. The Hall–Kier alpha value is -4.11. The van der Waals surface area contributed by atoms with Crippen LogP contribution in [0.25, 0.3) is 65.4 Å². The Labute approximate surface area is 171 Å². The van der Waals surface area contributed by atoms with Crippen molar-refractivity contribution in [3.8, 4) is 11.1 Å². The lowest BCUT2D eigenvalue weighted by molar-refractivity contribution is 0.619. The predicted molar refractivity (Wildman–Crippen MR) is 124 cm³/mol. The highest BCUT2D eigenvalue weighted by Crippen LogP contribution is 2.41. The lowest BCUT2D eigenvalue weighted by Crippen LogP contribution is -1.84. The maximum atomic E-state index is 5.98. The molecule has 0 aliphatic carbocycles. The molecule has 0 aliphatic rings. The van der Waals surface area contributed by atoms with Crippen molar-refractivity contribution in [2.45, 2.75) is 0 Å². The maximum absolute atomic E-state index is 5.98. The van der Waals surface area contributed by atoms with Gasteiger partial charge in [0.25, 0.3) is 0 Å². The molecule has 0 bridgehead atoms. The van der Waals surface area contributed by atoms with Crippen LogP contribution in [-0.2, 0) is 0 Å². The Balaban J connectivity index is 1.72. The number of hydrogen-bond donors (Lipinski definition) is 1. The number of pyridine rings is 1. The van der Waals surface area contributed by atoms with Gasteiger partial charge in [0, 0.05) is 39.3 Å². The summed E-state index contributed by atoms with van der Waals surface area (Å²) in [6, 6.07) is 25.7. The van der Waals surface area contributed by atoms with Crippen molar-refractivity contribution in [1.29, 1.82) is 0 Å². The number of aromatic amines is 1. The Morgan fingerprint density at radius 1 is 0.667 bits per heavy atom. The van der Waals surface area contributed by atoms with Crippen LogP contribution in [-0.4, -0.2) is 9.97 Å². The van der Waals surface area contributed by atoms with Gasteiger partial charge in [-0.3, -0.25) is 4.98 Å². The van der Waals surface area contributed by atoms with E-state index >= 15 is 0 Å². The van der Waals surface area contributed by atoms with Crippen molar-refractivity contribution in [3.05, 3.63) is 91.5 Å². The minimum atomic E-state index is 0.921. The molecule has 3 heterocycles. The third-order valence-corrected chi connectivity index (χ3v) is 6.18. The molecule has 3 heteroatoms. The number of fused-ring (bicyclic) bond motifs is 9. The number of furan rings is 1. The fourth-order valence-corrected chi connectivity index (χ4v) is 4.81. The van der Waals surface area contributed by atoms with Crippen LogP contribution in [0.3, 0.4) is 0 Å². The Bertz CT molecular complexity index is 1740. The Morgan fingerprint density at radius 2 is 1.47 bits per heavy atom. The van der Waals surface area contributed by atoms with Crippen LogP contribution in [0.5, 0.6) is 0 Å². The molecule has 4 aromatic carbocycles. The fourth-order valence-electron chi connectivity index (χ4n) is 4.81. The van der Waals surface area contributed by atoms with E-state index in [1.54, 1.807) is 6.26 Å². The van der Waals surface area contributed by atoms with E-state index in [0.717, 1.165) is 27.4 Å². The Morgan fingerprint density at radius 3 is 2.40 bits per heavy atom. The zero-order chi connectivity index (χ0) is 19.7. The lowest BCUT2D eigenvalue weighted by Gasteiger charge is -2.09. The summed E-state index contributed by atoms with van der Waals surface area (Å²) in [5, 5.41) is 8.33. The minimum Gasteiger partial charge on any atom is -0.464 e. The molecule has 0 spiro atoms. The first-order valence-corrected chi connectivity index (χ1v) is 10.0. The second-order valence-corrected chi connectivity index (χ2v) is 7.74. The van der Waals surface area contributed by atoms with Crippen molar-refractivity contribution in [2.24, 2.45) is 0 Å². The summed E-state index contributed by atoms with van der Waals surface area (Å²) >= 11 is 0. The molecule has 0 aliphatic heterocycles. The van der Waals surface area contributed by atoms with Gasteiger partial charge >= 0.3 is 0 Å². The van der Waals surface area contributed by atoms with E-state index in [4.69, 9.17) is 4.42 Å². The molecule has 7 rings (SSSR count). The Kier molecular flexibility index (Phi) is 3.00. The van der Waals surface area contributed by atoms with Gasteiger partial charge in [-0.1, -0.05) is 48.5 Å². The van der Waals surface area contributed by atoms with E-state index in [1.807, 2.05) is 18.5 Å². The van der Waals surface area contributed by atoms with Gasteiger partial charge < -0.3 is 9.40 Å². The second-order valence-electron chi connectivity index (χ2n) is 7.74. The monoisotopic (exact) mass is 384 g/mol. The van der Waals surface area contributed by atoms with E-state index in [1.165, 1.54) is 38.0 Å². The van der Waals surface area contributed by atoms with Gasteiger partial charge in [0.2, 0.25) is 0 Å². The molecule has 7 aromatic rings. The van der Waals surface area contributed by atoms with Gasteiger partial charge in [0.1, 0.15) is 5.58 Å². The van der Waals surface area contributed by atoms with E-state index < -0.39 is 0 Å². The van der Waals surface area contributed by atoms with Crippen LogP contribution in [0, 0.1) is 0 Å². The van der Waals surface area contributed by atoms with E-state index in [9.17, 15) is 0 Å². The molecule has 3 aromatic heterocycles. The topological polar surface area (TPSA) is 41.8 Å². The predicted octanol–water partition coefficient (Wildman–Crippen LogP) is 7.44. The van der Waals surface area contributed by atoms with E-state index in [2.05, 4.69) is 76.7 Å². The first kappa shape index (κ1) is 15.8. The summed E-state index contributed by atoms with van der Waals surface area (Å²) in [5.74, 6) is 0. The van der Waals surface area contributed by atoms with Crippen LogP contribution >= 0.6 is 0 Å². The second kappa shape index (κ2) is 5.71. The molecule has 0 unspecified atom stereocenters. The number of aromatic nitrogens is 2. The number of nitrogens with one attached hydrogen (secondary N) is 1.